The Labute approximate surface area is 145 Å². The molecule has 0 radical (unpaired) electrons. The predicted octanol–water partition coefficient (Wildman–Crippen LogP) is 1.40. The number of hydrogen-bond donors (Lipinski definition) is 2. The van der Waals surface area contributed by atoms with Crippen molar-refractivity contribution in [3.8, 4) is 5.75 Å². The molecule has 0 saturated carbocycles. The van der Waals surface area contributed by atoms with Gasteiger partial charge in [-0.3, -0.25) is 20.0 Å². The van der Waals surface area contributed by atoms with Crippen molar-refractivity contribution in [2.24, 2.45) is 5.92 Å². The number of nitrogens with one attached hydrogen (secondary N) is 1. The first-order valence-corrected chi connectivity index (χ1v) is 8.39. The molecule has 0 spiro atoms. The van der Waals surface area contributed by atoms with Gasteiger partial charge in [-0.05, 0) is 24.6 Å². The van der Waals surface area contributed by atoms with E-state index in [0.717, 1.165) is 47.6 Å². The van der Waals surface area contributed by atoms with Gasteiger partial charge in [0.1, 0.15) is 5.75 Å². The van der Waals surface area contributed by atoms with E-state index in [-0.39, 0.29) is 12.0 Å². The van der Waals surface area contributed by atoms with Crippen molar-refractivity contribution < 1.29 is 9.84 Å². The van der Waals surface area contributed by atoms with Crippen molar-refractivity contribution in [2.75, 3.05) is 20.2 Å². The molecule has 4 rings (SSSR count). The number of H-pyrrole nitrogens is 1. The van der Waals surface area contributed by atoms with Crippen LogP contribution in [-0.2, 0) is 13.0 Å². The summed E-state index contributed by atoms with van der Waals surface area (Å²) in [4.78, 5) is 10.7. The number of methoxy groups -OCH3 is 1. The van der Waals surface area contributed by atoms with Crippen LogP contribution in [-0.4, -0.2) is 56.5 Å². The van der Waals surface area contributed by atoms with E-state index in [1.165, 1.54) is 0 Å². The van der Waals surface area contributed by atoms with Crippen LogP contribution in [0, 0.1) is 5.92 Å². The minimum absolute atomic E-state index is 0.167. The lowest BCUT2D eigenvalue weighted by molar-refractivity contribution is 0.140. The molecule has 0 aliphatic carbocycles. The van der Waals surface area contributed by atoms with Crippen LogP contribution >= 0.6 is 0 Å². The lowest BCUT2D eigenvalue weighted by Crippen LogP contribution is -2.21. The van der Waals surface area contributed by atoms with Crippen molar-refractivity contribution in [2.45, 2.75) is 19.1 Å². The molecule has 7 heteroatoms. The first-order valence-electron chi connectivity index (χ1n) is 8.39. The van der Waals surface area contributed by atoms with Crippen molar-refractivity contribution >= 4 is 10.9 Å². The summed E-state index contributed by atoms with van der Waals surface area (Å²) in [6.45, 7) is 2.19. The molecule has 2 N–H and O–H groups in total. The van der Waals surface area contributed by atoms with E-state index in [4.69, 9.17) is 4.74 Å². The second-order valence-corrected chi connectivity index (χ2v) is 6.51. The molecule has 1 aliphatic heterocycles. The molecular weight excluding hydrogens is 318 g/mol. The summed E-state index contributed by atoms with van der Waals surface area (Å²) in [6, 6.07) is 5.85. The first-order chi connectivity index (χ1) is 12.2. The van der Waals surface area contributed by atoms with Gasteiger partial charge in [0.25, 0.3) is 0 Å². The van der Waals surface area contributed by atoms with Crippen molar-refractivity contribution in [1.29, 1.82) is 0 Å². The van der Waals surface area contributed by atoms with Gasteiger partial charge in [0.2, 0.25) is 0 Å². The molecule has 3 heterocycles. The summed E-state index contributed by atoms with van der Waals surface area (Å²) < 4.78 is 5.31. The molecule has 0 bridgehead atoms. The van der Waals surface area contributed by atoms with Crippen molar-refractivity contribution in [3.05, 3.63) is 48.2 Å². The van der Waals surface area contributed by atoms with E-state index < -0.39 is 0 Å². The molecule has 1 aliphatic rings. The molecular formula is C18H21N5O2. The van der Waals surface area contributed by atoms with Gasteiger partial charge in [0.05, 0.1) is 30.1 Å². The highest BCUT2D eigenvalue weighted by molar-refractivity contribution is 5.82. The Hall–Kier alpha value is -2.51. The smallest absolute Gasteiger partial charge is 0.119 e. The summed E-state index contributed by atoms with van der Waals surface area (Å²) in [5.74, 6) is 0.984. The number of aromatic amines is 1. The van der Waals surface area contributed by atoms with E-state index in [2.05, 4.69) is 25.1 Å². The first kappa shape index (κ1) is 16.0. The second kappa shape index (κ2) is 6.78. The van der Waals surface area contributed by atoms with Gasteiger partial charge >= 0.3 is 0 Å². The number of hydrogen-bond acceptors (Lipinski definition) is 6. The third-order valence-corrected chi connectivity index (χ3v) is 4.79. The Morgan fingerprint density at radius 1 is 1.32 bits per heavy atom. The average Bonchev–Trinajstić information content (AvgIpc) is 3.19. The van der Waals surface area contributed by atoms with Gasteiger partial charge in [0, 0.05) is 49.5 Å². The van der Waals surface area contributed by atoms with Crippen LogP contribution in [0.1, 0.15) is 11.4 Å². The zero-order valence-electron chi connectivity index (χ0n) is 14.1. The Morgan fingerprint density at radius 3 is 3.04 bits per heavy atom. The van der Waals surface area contributed by atoms with Gasteiger partial charge in [-0.25, -0.2) is 0 Å². The molecule has 0 unspecified atom stereocenters. The maximum Gasteiger partial charge on any atom is 0.119 e. The van der Waals surface area contributed by atoms with E-state index >= 15 is 0 Å². The van der Waals surface area contributed by atoms with E-state index in [1.807, 2.05) is 18.2 Å². The zero-order chi connectivity index (χ0) is 17.2. The highest BCUT2D eigenvalue weighted by atomic mass is 16.5. The lowest BCUT2D eigenvalue weighted by Gasteiger charge is -2.14. The molecule has 2 aromatic heterocycles. The van der Waals surface area contributed by atoms with Crippen LogP contribution in [0.4, 0.5) is 0 Å². The fourth-order valence-electron chi connectivity index (χ4n) is 3.49. The Morgan fingerprint density at radius 2 is 2.24 bits per heavy atom. The molecule has 1 aromatic carbocycles. The molecule has 25 heavy (non-hydrogen) atoms. The van der Waals surface area contributed by atoms with E-state index in [1.54, 1.807) is 25.7 Å². The molecule has 130 valence electrons. The number of aromatic nitrogens is 4. The number of rotatable bonds is 5. The lowest BCUT2D eigenvalue weighted by atomic mass is 10.0. The zero-order valence-corrected chi connectivity index (χ0v) is 14.1. The number of fused-ring (bicyclic) bond motifs is 1. The van der Waals surface area contributed by atoms with Crippen LogP contribution in [0.15, 0.2) is 36.8 Å². The summed E-state index contributed by atoms with van der Waals surface area (Å²) in [6.07, 6.45) is 5.51. The number of aliphatic hydroxyl groups excluding tert-OH is 1. The SMILES string of the molecule is COc1ccc2n[nH]c(CN3C[C@@H](Cc4cnccn4)[C@H](O)C3)c2c1. The molecule has 1 fully saturated rings. The van der Waals surface area contributed by atoms with Crippen LogP contribution < -0.4 is 4.74 Å². The number of ether oxygens (including phenoxy) is 1. The van der Waals surface area contributed by atoms with E-state index in [0.29, 0.717) is 6.54 Å². The summed E-state index contributed by atoms with van der Waals surface area (Å²) >= 11 is 0. The summed E-state index contributed by atoms with van der Waals surface area (Å²) in [5.41, 5.74) is 2.89. The normalized spacial score (nSPS) is 21.0. The molecule has 2 atom stereocenters. The summed E-state index contributed by atoms with van der Waals surface area (Å²) in [7, 11) is 1.66. The Bertz CT molecular complexity index is 851. The standard InChI is InChI=1S/C18H21N5O2/c1-25-14-2-3-16-15(7-14)17(22-21-16)10-23-9-12(18(24)11-23)6-13-8-19-4-5-20-13/h2-5,7-8,12,18,24H,6,9-11H2,1H3,(H,21,22)/t12-,18-/m1/s1. The third kappa shape index (κ3) is 3.33. The van der Waals surface area contributed by atoms with Crippen molar-refractivity contribution in [3.63, 3.8) is 0 Å². The fraction of sp³-hybridized carbons (Fsp3) is 0.389. The highest BCUT2D eigenvalue weighted by Gasteiger charge is 2.32. The van der Waals surface area contributed by atoms with Crippen LogP contribution in [0.3, 0.4) is 0 Å². The van der Waals surface area contributed by atoms with Gasteiger partial charge in [-0.2, -0.15) is 5.10 Å². The van der Waals surface area contributed by atoms with Gasteiger partial charge in [0.15, 0.2) is 0 Å². The van der Waals surface area contributed by atoms with E-state index in [9.17, 15) is 5.11 Å². The van der Waals surface area contributed by atoms with Gasteiger partial charge < -0.3 is 9.84 Å². The van der Waals surface area contributed by atoms with Gasteiger partial charge in [-0.1, -0.05) is 0 Å². The fourth-order valence-corrected chi connectivity index (χ4v) is 3.49. The maximum atomic E-state index is 10.4. The Kier molecular flexibility index (Phi) is 4.33. The molecule has 1 saturated heterocycles. The molecule has 0 amide bonds. The minimum Gasteiger partial charge on any atom is -0.497 e. The predicted molar refractivity (Wildman–Crippen MR) is 93.2 cm³/mol. The third-order valence-electron chi connectivity index (χ3n) is 4.79. The largest absolute Gasteiger partial charge is 0.497 e. The van der Waals surface area contributed by atoms with Gasteiger partial charge in [-0.15, -0.1) is 0 Å². The highest BCUT2D eigenvalue weighted by Crippen LogP contribution is 2.26. The maximum absolute atomic E-state index is 10.4. The van der Waals surface area contributed by atoms with Crippen molar-refractivity contribution in [1.82, 2.24) is 25.1 Å². The molecule has 3 aromatic rings. The molecule has 7 nitrogen and oxygen atoms in total. The number of nitrogens with zero attached hydrogens (tertiary/aromatic N) is 4. The number of benzene rings is 1. The monoisotopic (exact) mass is 339 g/mol. The number of aliphatic hydroxyl groups is 1. The average molecular weight is 339 g/mol. The number of likely N-dealkylation sites (tertiary alicyclic amines) is 1. The number of β-amino-alcohol motifs (C(OH)–C–C–N with tert-alkyl or cyclic N) is 1. The van der Waals surface area contributed by atoms with Crippen LogP contribution in [0.5, 0.6) is 5.75 Å². The second-order valence-electron chi connectivity index (χ2n) is 6.51. The Balaban J connectivity index is 1.47. The van der Waals surface area contributed by atoms with Crippen LogP contribution in [0.25, 0.3) is 10.9 Å². The minimum atomic E-state index is -0.356. The topological polar surface area (TPSA) is 87.2 Å². The quantitative estimate of drug-likeness (QED) is 0.731. The van der Waals surface area contributed by atoms with Crippen LogP contribution in [0.2, 0.25) is 0 Å². The summed E-state index contributed by atoms with van der Waals surface area (Å²) in [5, 5.41) is 18.9.